The number of aromatic nitrogens is 4. The van der Waals surface area contributed by atoms with Gasteiger partial charge in [-0.25, -0.2) is 4.68 Å². The molecule has 0 spiro atoms. The highest BCUT2D eigenvalue weighted by Crippen LogP contribution is 2.42. The molecular weight excluding hydrogens is 330 g/mol. The van der Waals surface area contributed by atoms with E-state index in [1.807, 2.05) is 25.6 Å². The molecule has 7 heteroatoms. The van der Waals surface area contributed by atoms with Crippen molar-refractivity contribution in [3.05, 3.63) is 45.6 Å². The molecule has 2 aromatic heterocycles. The molecule has 7 nitrogen and oxygen atoms in total. The molecular formula is C19H27N5O2. The standard InChI is InChI=1S/C19H27N5O2/c1-13-4-7-18(25)24(20-13)12-19(26)8-16-5-6-17(9-19)23(16)11-15-10-22(3)21-14(15)2/h4,7,10,16-17,26H,5-6,8-9,11-12H2,1-3H3/t16-,17+,19?. The van der Waals surface area contributed by atoms with Crippen LogP contribution in [0.1, 0.15) is 42.6 Å². The SMILES string of the molecule is Cc1ccc(=O)n(CC2(O)C[C@H]3CC[C@@H](C2)N3Cc2cn(C)nc2C)n1. The van der Waals surface area contributed by atoms with Crippen LogP contribution in [0.25, 0.3) is 0 Å². The van der Waals surface area contributed by atoms with Crippen molar-refractivity contribution in [1.82, 2.24) is 24.5 Å². The van der Waals surface area contributed by atoms with Crippen LogP contribution in [0.5, 0.6) is 0 Å². The summed E-state index contributed by atoms with van der Waals surface area (Å²) in [6, 6.07) is 3.93. The third kappa shape index (κ3) is 3.21. The van der Waals surface area contributed by atoms with Crippen molar-refractivity contribution in [3.63, 3.8) is 0 Å². The predicted molar refractivity (Wildman–Crippen MR) is 97.7 cm³/mol. The molecule has 2 saturated heterocycles. The van der Waals surface area contributed by atoms with Crippen LogP contribution in [0.4, 0.5) is 0 Å². The Balaban J connectivity index is 1.51. The molecule has 0 saturated carbocycles. The molecule has 2 aliphatic heterocycles. The first-order chi connectivity index (χ1) is 12.3. The van der Waals surface area contributed by atoms with E-state index in [-0.39, 0.29) is 12.1 Å². The number of piperidine rings is 1. The molecule has 4 heterocycles. The monoisotopic (exact) mass is 357 g/mol. The molecule has 1 N–H and O–H groups in total. The van der Waals surface area contributed by atoms with Crippen molar-refractivity contribution in [1.29, 1.82) is 0 Å². The second kappa shape index (κ2) is 6.32. The Morgan fingerprint density at radius 1 is 1.19 bits per heavy atom. The zero-order valence-corrected chi connectivity index (χ0v) is 15.7. The summed E-state index contributed by atoms with van der Waals surface area (Å²) in [4.78, 5) is 14.6. The van der Waals surface area contributed by atoms with Gasteiger partial charge in [0.05, 0.1) is 23.5 Å². The quantitative estimate of drug-likeness (QED) is 0.888. The van der Waals surface area contributed by atoms with Crippen LogP contribution in [0, 0.1) is 13.8 Å². The number of aliphatic hydroxyl groups is 1. The summed E-state index contributed by atoms with van der Waals surface area (Å²) in [7, 11) is 1.95. The van der Waals surface area contributed by atoms with Gasteiger partial charge in [0.2, 0.25) is 0 Å². The van der Waals surface area contributed by atoms with Crippen LogP contribution in [-0.2, 0) is 20.1 Å². The van der Waals surface area contributed by atoms with E-state index in [0.717, 1.165) is 30.8 Å². The van der Waals surface area contributed by atoms with E-state index in [1.165, 1.54) is 16.3 Å². The van der Waals surface area contributed by atoms with Gasteiger partial charge in [-0.1, -0.05) is 0 Å². The molecule has 2 aromatic rings. The summed E-state index contributed by atoms with van der Waals surface area (Å²) < 4.78 is 3.29. The first kappa shape index (κ1) is 17.4. The van der Waals surface area contributed by atoms with Gasteiger partial charge in [0.25, 0.3) is 5.56 Å². The summed E-state index contributed by atoms with van der Waals surface area (Å²) in [5, 5.41) is 20.0. The predicted octanol–water partition coefficient (Wildman–Crippen LogP) is 1.15. The van der Waals surface area contributed by atoms with E-state index in [9.17, 15) is 9.90 Å². The maximum Gasteiger partial charge on any atom is 0.266 e. The van der Waals surface area contributed by atoms with Gasteiger partial charge in [0, 0.05) is 43.5 Å². The van der Waals surface area contributed by atoms with Crippen molar-refractivity contribution in [3.8, 4) is 0 Å². The molecule has 26 heavy (non-hydrogen) atoms. The summed E-state index contributed by atoms with van der Waals surface area (Å²) in [5.41, 5.74) is 2.11. The van der Waals surface area contributed by atoms with Crippen LogP contribution >= 0.6 is 0 Å². The van der Waals surface area contributed by atoms with Gasteiger partial charge >= 0.3 is 0 Å². The van der Waals surface area contributed by atoms with Crippen LogP contribution in [0.3, 0.4) is 0 Å². The van der Waals surface area contributed by atoms with Crippen molar-refractivity contribution in [2.45, 2.75) is 70.3 Å². The molecule has 2 bridgehead atoms. The molecule has 4 rings (SSSR count). The Morgan fingerprint density at radius 3 is 2.50 bits per heavy atom. The van der Waals surface area contributed by atoms with E-state index in [4.69, 9.17) is 0 Å². The number of rotatable bonds is 4. The lowest BCUT2D eigenvalue weighted by molar-refractivity contribution is -0.0678. The highest BCUT2D eigenvalue weighted by atomic mass is 16.3. The lowest BCUT2D eigenvalue weighted by atomic mass is 9.85. The van der Waals surface area contributed by atoms with Crippen molar-refractivity contribution < 1.29 is 5.11 Å². The topological polar surface area (TPSA) is 76.2 Å². The van der Waals surface area contributed by atoms with Gasteiger partial charge < -0.3 is 5.11 Å². The van der Waals surface area contributed by atoms with Gasteiger partial charge in [0.15, 0.2) is 0 Å². The highest BCUT2D eigenvalue weighted by molar-refractivity contribution is 5.17. The van der Waals surface area contributed by atoms with E-state index >= 15 is 0 Å². The average molecular weight is 357 g/mol. The number of aryl methyl sites for hydroxylation is 3. The third-order valence-electron chi connectivity index (χ3n) is 5.91. The van der Waals surface area contributed by atoms with Crippen molar-refractivity contribution in [2.75, 3.05) is 0 Å². The maximum absolute atomic E-state index is 12.1. The molecule has 0 aliphatic carbocycles. The first-order valence-corrected chi connectivity index (χ1v) is 9.35. The molecule has 1 unspecified atom stereocenters. The fraction of sp³-hybridized carbons (Fsp3) is 0.632. The van der Waals surface area contributed by atoms with E-state index in [0.29, 0.717) is 24.9 Å². The largest absolute Gasteiger partial charge is 0.388 e. The Hall–Kier alpha value is -1.99. The highest BCUT2D eigenvalue weighted by Gasteiger charge is 2.47. The maximum atomic E-state index is 12.1. The van der Waals surface area contributed by atoms with Gasteiger partial charge in [0.1, 0.15) is 0 Å². The van der Waals surface area contributed by atoms with Crippen LogP contribution < -0.4 is 5.56 Å². The summed E-state index contributed by atoms with van der Waals surface area (Å²) in [6.07, 6.45) is 5.66. The van der Waals surface area contributed by atoms with Crippen molar-refractivity contribution >= 4 is 0 Å². The second-order valence-corrected chi connectivity index (χ2v) is 8.07. The minimum atomic E-state index is -0.864. The second-order valence-electron chi connectivity index (χ2n) is 8.07. The fourth-order valence-electron chi connectivity index (χ4n) is 4.74. The third-order valence-corrected chi connectivity index (χ3v) is 5.91. The molecule has 140 valence electrons. The smallest absolute Gasteiger partial charge is 0.266 e. The normalized spacial score (nSPS) is 28.6. The number of hydrogen-bond acceptors (Lipinski definition) is 5. The van der Waals surface area contributed by atoms with E-state index < -0.39 is 5.60 Å². The molecule has 2 aliphatic rings. The summed E-state index contributed by atoms with van der Waals surface area (Å²) >= 11 is 0. The molecule has 0 aromatic carbocycles. The van der Waals surface area contributed by atoms with Gasteiger partial charge in [-0.2, -0.15) is 10.2 Å². The molecule has 3 atom stereocenters. The van der Waals surface area contributed by atoms with Crippen LogP contribution in [0.15, 0.2) is 23.1 Å². The van der Waals surface area contributed by atoms with Gasteiger partial charge in [-0.05, 0) is 45.6 Å². The first-order valence-electron chi connectivity index (χ1n) is 9.35. The fourth-order valence-corrected chi connectivity index (χ4v) is 4.74. The Bertz CT molecular complexity index is 857. The summed E-state index contributed by atoms with van der Waals surface area (Å²) in [5.74, 6) is 0. The number of fused-ring (bicyclic) bond motifs is 2. The van der Waals surface area contributed by atoms with Crippen LogP contribution in [0.2, 0.25) is 0 Å². The number of hydrogen-bond donors (Lipinski definition) is 1. The zero-order chi connectivity index (χ0) is 18.5. The Labute approximate surface area is 153 Å². The van der Waals surface area contributed by atoms with Crippen LogP contribution in [-0.4, -0.2) is 47.3 Å². The average Bonchev–Trinajstić information content (AvgIpc) is 3.00. The Kier molecular flexibility index (Phi) is 4.23. The lowest BCUT2D eigenvalue weighted by Gasteiger charge is -2.43. The van der Waals surface area contributed by atoms with Gasteiger partial charge in [-0.3, -0.25) is 14.4 Å². The molecule has 0 radical (unpaired) electrons. The Morgan fingerprint density at radius 2 is 1.88 bits per heavy atom. The lowest BCUT2D eigenvalue weighted by Crippen LogP contribution is -2.53. The van der Waals surface area contributed by atoms with E-state index in [2.05, 4.69) is 21.3 Å². The summed E-state index contributed by atoms with van der Waals surface area (Å²) in [6.45, 7) is 5.07. The zero-order valence-electron chi connectivity index (χ0n) is 15.7. The minimum Gasteiger partial charge on any atom is -0.388 e. The molecule has 0 amide bonds. The van der Waals surface area contributed by atoms with E-state index in [1.54, 1.807) is 6.07 Å². The minimum absolute atomic E-state index is 0.148. The van der Waals surface area contributed by atoms with Crippen molar-refractivity contribution in [2.24, 2.45) is 7.05 Å². The molecule has 2 fully saturated rings. The van der Waals surface area contributed by atoms with Gasteiger partial charge in [-0.15, -0.1) is 0 Å². The number of nitrogens with zero attached hydrogens (tertiary/aromatic N) is 5.